The van der Waals surface area contributed by atoms with Crippen molar-refractivity contribution >= 4 is 51.1 Å². The lowest BCUT2D eigenvalue weighted by molar-refractivity contribution is -0.124. The first kappa shape index (κ1) is 16.1. The van der Waals surface area contributed by atoms with E-state index in [1.807, 2.05) is 0 Å². The molecule has 22 heavy (non-hydrogen) atoms. The number of hydrogen-bond acceptors (Lipinski definition) is 3. The Balaban J connectivity index is 1.72. The number of carbonyl (C=O) groups excluding carboxylic acids is 2. The Labute approximate surface area is 147 Å². The summed E-state index contributed by atoms with van der Waals surface area (Å²) in [7, 11) is 0. The van der Waals surface area contributed by atoms with E-state index < -0.39 is 6.04 Å². The third-order valence-corrected chi connectivity index (χ3v) is 5.70. The van der Waals surface area contributed by atoms with Crippen LogP contribution in [0.3, 0.4) is 0 Å². The molecule has 0 bridgehead atoms. The molecule has 2 aliphatic rings. The fourth-order valence-corrected chi connectivity index (χ4v) is 4.07. The van der Waals surface area contributed by atoms with Crippen molar-refractivity contribution in [2.45, 2.75) is 18.9 Å². The summed E-state index contributed by atoms with van der Waals surface area (Å²) < 4.78 is 0.793. The topological polar surface area (TPSA) is 49.4 Å². The SMILES string of the molecule is O=C(NCC1CC1)[C@H]1CSCN1C(=O)c1cc(Br)ccc1Cl. The summed E-state index contributed by atoms with van der Waals surface area (Å²) in [6.45, 7) is 0.722. The van der Waals surface area contributed by atoms with Crippen LogP contribution in [0.4, 0.5) is 0 Å². The van der Waals surface area contributed by atoms with Gasteiger partial charge in [0.1, 0.15) is 6.04 Å². The predicted octanol–water partition coefficient (Wildman–Crippen LogP) is 3.14. The molecule has 1 aliphatic heterocycles. The molecule has 7 heteroatoms. The zero-order valence-corrected chi connectivity index (χ0v) is 15.0. The van der Waals surface area contributed by atoms with Crippen LogP contribution in [0.2, 0.25) is 5.02 Å². The van der Waals surface area contributed by atoms with E-state index >= 15 is 0 Å². The second kappa shape index (κ2) is 6.81. The standard InChI is InChI=1S/C15H16BrClN2O2S/c16-10-3-4-12(17)11(5-10)15(21)19-8-22-7-13(19)14(20)18-6-9-1-2-9/h3-5,9,13H,1-2,6-8H2,(H,18,20)/t13-/m1/s1. The molecule has 2 amide bonds. The maximum Gasteiger partial charge on any atom is 0.256 e. The summed E-state index contributed by atoms with van der Waals surface area (Å²) in [6.07, 6.45) is 2.38. The summed E-state index contributed by atoms with van der Waals surface area (Å²) in [5.74, 6) is 1.53. The first-order chi connectivity index (χ1) is 10.6. The molecule has 1 N–H and O–H groups in total. The van der Waals surface area contributed by atoms with Crippen molar-refractivity contribution < 1.29 is 9.59 Å². The average Bonchev–Trinajstić information content (AvgIpc) is 3.20. The van der Waals surface area contributed by atoms with Crippen LogP contribution in [0.25, 0.3) is 0 Å². The Morgan fingerprint density at radius 1 is 1.41 bits per heavy atom. The number of thioether (sulfide) groups is 1. The van der Waals surface area contributed by atoms with Crippen molar-refractivity contribution in [2.24, 2.45) is 5.92 Å². The molecule has 1 heterocycles. The molecule has 1 aromatic rings. The van der Waals surface area contributed by atoms with Gasteiger partial charge in [0.05, 0.1) is 16.5 Å². The molecule has 4 nitrogen and oxygen atoms in total. The zero-order valence-electron chi connectivity index (χ0n) is 11.9. The minimum absolute atomic E-state index is 0.0589. The largest absolute Gasteiger partial charge is 0.354 e. The first-order valence-corrected chi connectivity index (χ1v) is 9.50. The maximum absolute atomic E-state index is 12.7. The van der Waals surface area contributed by atoms with Gasteiger partial charge < -0.3 is 10.2 Å². The number of benzene rings is 1. The number of carbonyl (C=O) groups is 2. The minimum atomic E-state index is -0.411. The molecular weight excluding hydrogens is 388 g/mol. The predicted molar refractivity (Wildman–Crippen MR) is 92.2 cm³/mol. The van der Waals surface area contributed by atoms with Crippen molar-refractivity contribution in [3.05, 3.63) is 33.3 Å². The van der Waals surface area contributed by atoms with Gasteiger partial charge in [-0.1, -0.05) is 27.5 Å². The van der Waals surface area contributed by atoms with E-state index in [-0.39, 0.29) is 11.8 Å². The minimum Gasteiger partial charge on any atom is -0.354 e. The number of hydrogen-bond donors (Lipinski definition) is 1. The van der Waals surface area contributed by atoms with E-state index in [4.69, 9.17) is 11.6 Å². The van der Waals surface area contributed by atoms with Crippen LogP contribution >= 0.6 is 39.3 Å². The molecule has 0 radical (unpaired) electrons. The summed E-state index contributed by atoms with van der Waals surface area (Å²) >= 11 is 11.1. The summed E-state index contributed by atoms with van der Waals surface area (Å²) in [6, 6.07) is 4.76. The molecule has 1 atom stereocenters. The number of amides is 2. The van der Waals surface area contributed by atoms with Crippen LogP contribution in [0.15, 0.2) is 22.7 Å². The Bertz CT molecular complexity index is 609. The van der Waals surface area contributed by atoms with E-state index in [0.717, 1.165) is 11.0 Å². The molecule has 1 aliphatic carbocycles. The van der Waals surface area contributed by atoms with Crippen LogP contribution in [0, 0.1) is 5.92 Å². The normalized spacial score (nSPS) is 21.0. The van der Waals surface area contributed by atoms with E-state index in [0.29, 0.717) is 28.1 Å². The molecule has 0 spiro atoms. The number of nitrogens with zero attached hydrogens (tertiary/aromatic N) is 1. The molecule has 1 aromatic carbocycles. The molecule has 0 aromatic heterocycles. The van der Waals surface area contributed by atoms with Gasteiger partial charge in [0.15, 0.2) is 0 Å². The van der Waals surface area contributed by atoms with Crippen molar-refractivity contribution in [1.29, 1.82) is 0 Å². The molecular formula is C15H16BrClN2O2S. The van der Waals surface area contributed by atoms with Gasteiger partial charge in [0.25, 0.3) is 5.91 Å². The third-order valence-electron chi connectivity index (χ3n) is 3.87. The van der Waals surface area contributed by atoms with Gasteiger partial charge in [0.2, 0.25) is 5.91 Å². The zero-order chi connectivity index (χ0) is 15.7. The van der Waals surface area contributed by atoms with Gasteiger partial charge in [-0.3, -0.25) is 9.59 Å². The van der Waals surface area contributed by atoms with Crippen molar-refractivity contribution in [1.82, 2.24) is 10.2 Å². The van der Waals surface area contributed by atoms with E-state index in [1.165, 1.54) is 12.8 Å². The lowest BCUT2D eigenvalue weighted by atomic mass is 10.1. The highest BCUT2D eigenvalue weighted by atomic mass is 79.9. The van der Waals surface area contributed by atoms with Crippen LogP contribution in [-0.2, 0) is 4.79 Å². The maximum atomic E-state index is 12.7. The molecule has 0 unspecified atom stereocenters. The highest BCUT2D eigenvalue weighted by molar-refractivity contribution is 9.10. The number of halogens is 2. The fraction of sp³-hybridized carbons (Fsp3) is 0.467. The molecule has 1 saturated heterocycles. The lowest BCUT2D eigenvalue weighted by Gasteiger charge is -2.23. The first-order valence-electron chi connectivity index (χ1n) is 7.17. The van der Waals surface area contributed by atoms with Gasteiger partial charge >= 0.3 is 0 Å². The van der Waals surface area contributed by atoms with Gasteiger partial charge in [-0.15, -0.1) is 11.8 Å². The Kier molecular flexibility index (Phi) is 5.00. The van der Waals surface area contributed by atoms with Crippen molar-refractivity contribution in [3.63, 3.8) is 0 Å². The van der Waals surface area contributed by atoms with Crippen LogP contribution in [-0.4, -0.2) is 40.9 Å². The van der Waals surface area contributed by atoms with Crippen molar-refractivity contribution in [2.75, 3.05) is 18.2 Å². The average molecular weight is 404 g/mol. The Morgan fingerprint density at radius 3 is 2.91 bits per heavy atom. The van der Waals surface area contributed by atoms with E-state index in [2.05, 4.69) is 21.2 Å². The van der Waals surface area contributed by atoms with Crippen LogP contribution < -0.4 is 5.32 Å². The highest BCUT2D eigenvalue weighted by Crippen LogP contribution is 2.29. The van der Waals surface area contributed by atoms with Gasteiger partial charge in [-0.05, 0) is 37.0 Å². The monoisotopic (exact) mass is 402 g/mol. The second-order valence-corrected chi connectivity index (χ2v) is 7.93. The van der Waals surface area contributed by atoms with Crippen LogP contribution in [0.1, 0.15) is 23.2 Å². The number of rotatable bonds is 4. The smallest absolute Gasteiger partial charge is 0.256 e. The van der Waals surface area contributed by atoms with Gasteiger partial charge in [-0.2, -0.15) is 0 Å². The quantitative estimate of drug-likeness (QED) is 0.840. The van der Waals surface area contributed by atoms with E-state index in [9.17, 15) is 9.59 Å². The van der Waals surface area contributed by atoms with E-state index in [1.54, 1.807) is 34.9 Å². The second-order valence-electron chi connectivity index (χ2n) is 5.60. The van der Waals surface area contributed by atoms with Crippen LogP contribution in [0.5, 0.6) is 0 Å². The number of nitrogens with one attached hydrogen (secondary N) is 1. The highest BCUT2D eigenvalue weighted by Gasteiger charge is 2.36. The molecule has 3 rings (SSSR count). The summed E-state index contributed by atoms with van der Waals surface area (Å²) in [5.41, 5.74) is 0.429. The van der Waals surface area contributed by atoms with Gasteiger partial charge in [0, 0.05) is 16.8 Å². The van der Waals surface area contributed by atoms with Crippen molar-refractivity contribution in [3.8, 4) is 0 Å². The molecule has 118 valence electrons. The Hall–Kier alpha value is -0.720. The summed E-state index contributed by atoms with van der Waals surface area (Å²) in [4.78, 5) is 26.6. The molecule has 1 saturated carbocycles. The third kappa shape index (κ3) is 3.60. The van der Waals surface area contributed by atoms with Gasteiger partial charge in [-0.25, -0.2) is 0 Å². The molecule has 2 fully saturated rings. The Morgan fingerprint density at radius 2 is 2.18 bits per heavy atom. The fourth-order valence-electron chi connectivity index (χ4n) is 2.36. The lowest BCUT2D eigenvalue weighted by Crippen LogP contribution is -2.47. The summed E-state index contributed by atoms with van der Waals surface area (Å²) in [5, 5.41) is 3.37.